The fourth-order valence-corrected chi connectivity index (χ4v) is 2.58. The number of carbonyl (C=O) groups is 1. The van der Waals surface area contributed by atoms with Crippen LogP contribution in [0.2, 0.25) is 0 Å². The Morgan fingerprint density at radius 3 is 2.78 bits per heavy atom. The minimum absolute atomic E-state index is 0.0288. The molecule has 3 rings (SSSR count). The van der Waals surface area contributed by atoms with Crippen LogP contribution in [0.15, 0.2) is 53.4 Å². The number of pyridine rings is 1. The molecule has 0 saturated carbocycles. The highest BCUT2D eigenvalue weighted by molar-refractivity contribution is 9.10. The number of hydrogen-bond acceptors (Lipinski definition) is 6. The van der Waals surface area contributed by atoms with Crippen molar-refractivity contribution in [1.82, 2.24) is 14.8 Å². The van der Waals surface area contributed by atoms with Crippen molar-refractivity contribution < 1.29 is 14.5 Å². The Kier molecular flexibility index (Phi) is 5.46. The average molecular weight is 432 g/mol. The predicted octanol–water partition coefficient (Wildman–Crippen LogP) is 3.69. The van der Waals surface area contributed by atoms with Crippen molar-refractivity contribution in [2.45, 2.75) is 13.5 Å². The minimum Gasteiger partial charge on any atom is -0.455 e. The average Bonchev–Trinajstić information content (AvgIpc) is 2.94. The summed E-state index contributed by atoms with van der Waals surface area (Å²) in [5, 5.41) is 17.9. The number of nitro benzene ring substituents is 1. The highest BCUT2D eigenvalue weighted by atomic mass is 79.9. The van der Waals surface area contributed by atoms with Gasteiger partial charge in [-0.3, -0.25) is 24.6 Å². The third kappa shape index (κ3) is 4.67. The SMILES string of the molecule is Cc1c(Br)cnn1CC(=O)Nc1cc(Oc2cccnc2)cc([N+](=O)[O-])c1. The van der Waals surface area contributed by atoms with Crippen LogP contribution in [-0.2, 0) is 11.3 Å². The molecule has 0 bridgehead atoms. The van der Waals surface area contributed by atoms with Crippen molar-refractivity contribution in [2.75, 3.05) is 5.32 Å². The second-order valence-electron chi connectivity index (χ2n) is 5.55. The second kappa shape index (κ2) is 7.96. The lowest BCUT2D eigenvalue weighted by molar-refractivity contribution is -0.384. The first kappa shape index (κ1) is 18.5. The summed E-state index contributed by atoms with van der Waals surface area (Å²) in [5.74, 6) is 0.263. The van der Waals surface area contributed by atoms with Gasteiger partial charge in [0.15, 0.2) is 0 Å². The molecule has 0 aliphatic heterocycles. The monoisotopic (exact) mass is 431 g/mol. The van der Waals surface area contributed by atoms with Crippen molar-refractivity contribution in [3.8, 4) is 11.5 Å². The maximum absolute atomic E-state index is 12.3. The molecule has 0 radical (unpaired) electrons. The van der Waals surface area contributed by atoms with E-state index in [9.17, 15) is 14.9 Å². The number of halogens is 1. The van der Waals surface area contributed by atoms with Gasteiger partial charge in [-0.2, -0.15) is 5.10 Å². The predicted molar refractivity (Wildman–Crippen MR) is 101 cm³/mol. The molecule has 0 aliphatic carbocycles. The molecule has 0 atom stereocenters. The van der Waals surface area contributed by atoms with Gasteiger partial charge < -0.3 is 10.1 Å². The van der Waals surface area contributed by atoms with Crippen LogP contribution < -0.4 is 10.1 Å². The van der Waals surface area contributed by atoms with Gasteiger partial charge >= 0.3 is 0 Å². The number of nitrogens with one attached hydrogen (secondary N) is 1. The van der Waals surface area contributed by atoms with E-state index in [0.717, 1.165) is 10.2 Å². The lowest BCUT2D eigenvalue weighted by Crippen LogP contribution is -2.20. The smallest absolute Gasteiger partial charge is 0.275 e. The number of carbonyl (C=O) groups excluding carboxylic acids is 1. The molecule has 2 aromatic heterocycles. The molecule has 1 aromatic carbocycles. The molecule has 10 heteroatoms. The highest BCUT2D eigenvalue weighted by Crippen LogP contribution is 2.29. The molecule has 1 amide bonds. The zero-order chi connectivity index (χ0) is 19.4. The lowest BCUT2D eigenvalue weighted by Gasteiger charge is -2.10. The molecule has 138 valence electrons. The van der Waals surface area contributed by atoms with Crippen LogP contribution in [0, 0.1) is 17.0 Å². The van der Waals surface area contributed by atoms with Crippen LogP contribution in [0.3, 0.4) is 0 Å². The highest BCUT2D eigenvalue weighted by Gasteiger charge is 2.14. The van der Waals surface area contributed by atoms with Crippen molar-refractivity contribution in [3.63, 3.8) is 0 Å². The second-order valence-corrected chi connectivity index (χ2v) is 6.40. The summed E-state index contributed by atoms with van der Waals surface area (Å²) in [6, 6.07) is 7.39. The molecule has 0 fully saturated rings. The van der Waals surface area contributed by atoms with Crippen LogP contribution in [0.5, 0.6) is 11.5 Å². The Hall–Kier alpha value is -3.27. The van der Waals surface area contributed by atoms with Crippen LogP contribution in [0.1, 0.15) is 5.69 Å². The van der Waals surface area contributed by atoms with E-state index in [1.807, 2.05) is 6.92 Å². The van der Waals surface area contributed by atoms with Gasteiger partial charge in [0.25, 0.3) is 5.69 Å². The largest absolute Gasteiger partial charge is 0.455 e. The van der Waals surface area contributed by atoms with Crippen LogP contribution in [-0.4, -0.2) is 25.6 Å². The Labute approximate surface area is 162 Å². The van der Waals surface area contributed by atoms with Crippen molar-refractivity contribution in [3.05, 3.63) is 69.2 Å². The Balaban J connectivity index is 1.80. The molecule has 27 heavy (non-hydrogen) atoms. The standard InChI is InChI=1S/C17H14BrN5O4/c1-11-16(18)9-20-22(11)10-17(24)21-12-5-13(23(25)26)7-15(6-12)27-14-3-2-4-19-8-14/h2-9H,10H2,1H3,(H,21,24). The number of anilines is 1. The van der Waals surface area contributed by atoms with E-state index >= 15 is 0 Å². The van der Waals surface area contributed by atoms with E-state index in [2.05, 4.69) is 31.3 Å². The molecular weight excluding hydrogens is 418 g/mol. The number of non-ortho nitro benzene ring substituents is 1. The number of aromatic nitrogens is 3. The summed E-state index contributed by atoms with van der Waals surface area (Å²) in [5.41, 5.74) is 0.839. The summed E-state index contributed by atoms with van der Waals surface area (Å²) in [7, 11) is 0. The fourth-order valence-electron chi connectivity index (χ4n) is 2.28. The van der Waals surface area contributed by atoms with Crippen molar-refractivity contribution >= 4 is 33.2 Å². The molecule has 2 heterocycles. The molecular formula is C17H14BrN5O4. The summed E-state index contributed by atoms with van der Waals surface area (Å²) in [4.78, 5) is 26.8. The van der Waals surface area contributed by atoms with Gasteiger partial charge in [-0.05, 0) is 35.0 Å². The number of hydrogen-bond donors (Lipinski definition) is 1. The third-order valence-electron chi connectivity index (χ3n) is 3.59. The summed E-state index contributed by atoms with van der Waals surface area (Å²) < 4.78 is 7.90. The van der Waals surface area contributed by atoms with Crippen molar-refractivity contribution in [2.24, 2.45) is 0 Å². The molecule has 0 spiro atoms. The molecule has 1 N–H and O–H groups in total. The zero-order valence-electron chi connectivity index (χ0n) is 14.1. The number of rotatable bonds is 6. The maximum atomic E-state index is 12.3. The van der Waals surface area contributed by atoms with E-state index in [-0.39, 0.29) is 29.6 Å². The molecule has 9 nitrogen and oxygen atoms in total. The number of nitro groups is 1. The fraction of sp³-hybridized carbons (Fsp3) is 0.118. The van der Waals surface area contributed by atoms with Crippen LogP contribution >= 0.6 is 15.9 Å². The number of amides is 1. The maximum Gasteiger partial charge on any atom is 0.275 e. The Morgan fingerprint density at radius 2 is 2.15 bits per heavy atom. The van der Waals surface area contributed by atoms with E-state index in [1.54, 1.807) is 24.5 Å². The van der Waals surface area contributed by atoms with Gasteiger partial charge in [-0.25, -0.2) is 0 Å². The lowest BCUT2D eigenvalue weighted by atomic mass is 10.2. The molecule has 0 aliphatic rings. The molecule has 0 unspecified atom stereocenters. The van der Waals surface area contributed by atoms with Gasteiger partial charge in [0, 0.05) is 18.3 Å². The first-order valence-corrected chi connectivity index (χ1v) is 8.57. The summed E-state index contributed by atoms with van der Waals surface area (Å²) in [6.07, 6.45) is 4.66. The number of benzene rings is 1. The number of nitrogens with zero attached hydrogens (tertiary/aromatic N) is 4. The van der Waals surface area contributed by atoms with E-state index < -0.39 is 4.92 Å². The quantitative estimate of drug-likeness (QED) is 0.470. The normalized spacial score (nSPS) is 10.4. The Morgan fingerprint density at radius 1 is 1.33 bits per heavy atom. The minimum atomic E-state index is -0.555. The third-order valence-corrected chi connectivity index (χ3v) is 4.37. The number of ether oxygens (including phenoxy) is 1. The van der Waals surface area contributed by atoms with Crippen LogP contribution in [0.4, 0.5) is 11.4 Å². The van der Waals surface area contributed by atoms with E-state index in [0.29, 0.717) is 5.75 Å². The zero-order valence-corrected chi connectivity index (χ0v) is 15.7. The van der Waals surface area contributed by atoms with Crippen LogP contribution in [0.25, 0.3) is 0 Å². The summed E-state index contributed by atoms with van der Waals surface area (Å²) >= 11 is 3.33. The first-order valence-electron chi connectivity index (χ1n) is 7.77. The Bertz CT molecular complexity index is 990. The van der Waals surface area contributed by atoms with Gasteiger partial charge in [0.1, 0.15) is 18.0 Å². The van der Waals surface area contributed by atoms with Gasteiger partial charge in [0.2, 0.25) is 5.91 Å². The van der Waals surface area contributed by atoms with Crippen molar-refractivity contribution in [1.29, 1.82) is 0 Å². The molecule has 3 aromatic rings. The first-order chi connectivity index (χ1) is 12.9. The van der Waals surface area contributed by atoms with E-state index in [1.165, 1.54) is 29.1 Å². The van der Waals surface area contributed by atoms with Gasteiger partial charge in [0.05, 0.1) is 39.2 Å². The van der Waals surface area contributed by atoms with E-state index in [4.69, 9.17) is 4.74 Å². The van der Waals surface area contributed by atoms with Gasteiger partial charge in [-0.15, -0.1) is 0 Å². The topological polar surface area (TPSA) is 112 Å². The van der Waals surface area contributed by atoms with Gasteiger partial charge in [-0.1, -0.05) is 0 Å². The molecule has 0 saturated heterocycles. The summed E-state index contributed by atoms with van der Waals surface area (Å²) in [6.45, 7) is 1.79.